The largest absolute Gasteiger partial charge is 0.383 e. The molecule has 1 unspecified atom stereocenters. The molecular formula is C10H15N5. The number of hydrogen-bond donors (Lipinski definition) is 2. The van der Waals surface area contributed by atoms with E-state index < -0.39 is 0 Å². The molecule has 3 N–H and O–H groups in total. The Labute approximate surface area is 88.9 Å². The van der Waals surface area contributed by atoms with E-state index >= 15 is 0 Å². The van der Waals surface area contributed by atoms with Gasteiger partial charge in [0.15, 0.2) is 0 Å². The molecule has 1 aromatic rings. The van der Waals surface area contributed by atoms with Crippen molar-refractivity contribution in [2.75, 3.05) is 12.3 Å². The third-order valence-electron chi connectivity index (χ3n) is 2.87. The summed E-state index contributed by atoms with van der Waals surface area (Å²) >= 11 is 0. The van der Waals surface area contributed by atoms with Crippen LogP contribution in [-0.2, 0) is 7.05 Å². The Morgan fingerprint density at radius 1 is 1.60 bits per heavy atom. The van der Waals surface area contributed by atoms with Crippen LogP contribution in [0, 0.1) is 11.3 Å². The number of anilines is 1. The first-order chi connectivity index (χ1) is 7.24. The summed E-state index contributed by atoms with van der Waals surface area (Å²) in [6, 6.07) is 2.33. The topological polar surface area (TPSA) is 79.7 Å². The first kappa shape index (κ1) is 9.99. The van der Waals surface area contributed by atoms with Gasteiger partial charge in [-0.1, -0.05) is 6.42 Å². The molecule has 5 nitrogen and oxygen atoms in total. The molecule has 2 rings (SSSR count). The van der Waals surface area contributed by atoms with Crippen LogP contribution < -0.4 is 11.1 Å². The van der Waals surface area contributed by atoms with Crippen molar-refractivity contribution in [2.24, 2.45) is 7.05 Å². The number of nitrogens with two attached hydrogens (primary N) is 1. The molecule has 1 atom stereocenters. The van der Waals surface area contributed by atoms with Crippen molar-refractivity contribution in [3.63, 3.8) is 0 Å². The van der Waals surface area contributed by atoms with Crippen molar-refractivity contribution in [2.45, 2.75) is 25.3 Å². The summed E-state index contributed by atoms with van der Waals surface area (Å²) < 4.78 is 1.57. The van der Waals surface area contributed by atoms with Crippen molar-refractivity contribution >= 4 is 5.82 Å². The molecule has 1 aliphatic rings. The average molecular weight is 205 g/mol. The van der Waals surface area contributed by atoms with Gasteiger partial charge in [0.1, 0.15) is 17.5 Å². The summed E-state index contributed by atoms with van der Waals surface area (Å²) in [6.45, 7) is 0.992. The van der Waals surface area contributed by atoms with Crippen LogP contribution in [0.1, 0.15) is 36.6 Å². The van der Waals surface area contributed by atoms with Crippen molar-refractivity contribution in [3.8, 4) is 6.07 Å². The van der Waals surface area contributed by atoms with Crippen molar-refractivity contribution in [3.05, 3.63) is 11.3 Å². The fourth-order valence-electron chi connectivity index (χ4n) is 2.00. The predicted octanol–water partition coefficient (Wildman–Crippen LogP) is 0.689. The van der Waals surface area contributed by atoms with Gasteiger partial charge in [-0.15, -0.1) is 0 Å². The van der Waals surface area contributed by atoms with Gasteiger partial charge < -0.3 is 11.1 Å². The van der Waals surface area contributed by atoms with E-state index in [0.29, 0.717) is 11.4 Å². The van der Waals surface area contributed by atoms with Crippen LogP contribution in [0.3, 0.4) is 0 Å². The molecule has 1 aliphatic heterocycles. The predicted molar refractivity (Wildman–Crippen MR) is 56.9 cm³/mol. The Balaban J connectivity index is 2.35. The van der Waals surface area contributed by atoms with Gasteiger partial charge in [0.05, 0.1) is 11.7 Å². The molecule has 1 saturated heterocycles. The molecule has 0 radical (unpaired) electrons. The lowest BCUT2D eigenvalue weighted by Gasteiger charge is -2.21. The zero-order valence-electron chi connectivity index (χ0n) is 8.82. The van der Waals surface area contributed by atoms with Crippen LogP contribution in [0.15, 0.2) is 0 Å². The molecule has 5 heteroatoms. The highest BCUT2D eigenvalue weighted by Gasteiger charge is 2.23. The van der Waals surface area contributed by atoms with Crippen LogP contribution in [-0.4, -0.2) is 16.3 Å². The van der Waals surface area contributed by atoms with E-state index in [1.165, 1.54) is 12.8 Å². The Morgan fingerprint density at radius 2 is 2.40 bits per heavy atom. The maximum Gasteiger partial charge on any atom is 0.139 e. The minimum absolute atomic E-state index is 0.192. The second kappa shape index (κ2) is 3.91. The minimum Gasteiger partial charge on any atom is -0.383 e. The van der Waals surface area contributed by atoms with Crippen molar-refractivity contribution < 1.29 is 0 Å². The fourth-order valence-corrected chi connectivity index (χ4v) is 2.00. The molecule has 2 heterocycles. The average Bonchev–Trinajstić information content (AvgIpc) is 2.56. The van der Waals surface area contributed by atoms with E-state index in [-0.39, 0.29) is 6.04 Å². The number of nitriles is 1. The number of hydrogen-bond acceptors (Lipinski definition) is 4. The Hall–Kier alpha value is -1.54. The lowest BCUT2D eigenvalue weighted by molar-refractivity contribution is 0.402. The lowest BCUT2D eigenvalue weighted by atomic mass is 10.00. The van der Waals surface area contributed by atoms with E-state index in [1.807, 2.05) is 0 Å². The maximum absolute atomic E-state index is 9.03. The smallest absolute Gasteiger partial charge is 0.139 e. The number of rotatable bonds is 1. The maximum atomic E-state index is 9.03. The van der Waals surface area contributed by atoms with Gasteiger partial charge in [0.25, 0.3) is 0 Å². The van der Waals surface area contributed by atoms with Gasteiger partial charge in [-0.3, -0.25) is 4.68 Å². The molecule has 0 spiro atoms. The molecule has 1 aromatic heterocycles. The number of nitrogens with one attached hydrogen (secondary N) is 1. The second-order valence-corrected chi connectivity index (χ2v) is 3.88. The normalized spacial score (nSPS) is 21.2. The quantitative estimate of drug-likeness (QED) is 0.707. The molecule has 15 heavy (non-hydrogen) atoms. The van der Waals surface area contributed by atoms with Crippen LogP contribution >= 0.6 is 0 Å². The molecule has 0 saturated carbocycles. The Kier molecular flexibility index (Phi) is 2.60. The van der Waals surface area contributed by atoms with Gasteiger partial charge in [-0.25, -0.2) is 0 Å². The Bertz CT molecular complexity index is 395. The summed E-state index contributed by atoms with van der Waals surface area (Å²) in [5.41, 5.74) is 7.10. The standard InChI is InChI=1S/C10H15N5/c1-15-10(12)7(6-11)9(14-15)8-4-2-3-5-13-8/h8,13H,2-5,12H2,1H3. The molecule has 0 bridgehead atoms. The van der Waals surface area contributed by atoms with Crippen LogP contribution in [0.25, 0.3) is 0 Å². The zero-order valence-corrected chi connectivity index (χ0v) is 8.82. The van der Waals surface area contributed by atoms with Crippen LogP contribution in [0.2, 0.25) is 0 Å². The monoisotopic (exact) mass is 205 g/mol. The van der Waals surface area contributed by atoms with E-state index in [0.717, 1.165) is 18.7 Å². The number of piperidine rings is 1. The van der Waals surface area contributed by atoms with Gasteiger partial charge in [-0.2, -0.15) is 10.4 Å². The van der Waals surface area contributed by atoms with Gasteiger partial charge >= 0.3 is 0 Å². The van der Waals surface area contributed by atoms with Gasteiger partial charge in [0, 0.05) is 7.05 Å². The van der Waals surface area contributed by atoms with E-state index in [2.05, 4.69) is 16.5 Å². The highest BCUT2D eigenvalue weighted by Crippen LogP contribution is 2.27. The number of nitrogen functional groups attached to an aromatic ring is 1. The SMILES string of the molecule is Cn1nc(C2CCCCN2)c(C#N)c1N. The van der Waals surface area contributed by atoms with Gasteiger partial charge in [-0.05, 0) is 19.4 Å². The summed E-state index contributed by atoms with van der Waals surface area (Å²) in [4.78, 5) is 0. The van der Waals surface area contributed by atoms with E-state index in [9.17, 15) is 0 Å². The van der Waals surface area contributed by atoms with Crippen molar-refractivity contribution in [1.82, 2.24) is 15.1 Å². The molecule has 0 aliphatic carbocycles. The highest BCUT2D eigenvalue weighted by molar-refractivity contribution is 5.52. The summed E-state index contributed by atoms with van der Waals surface area (Å²) in [5.74, 6) is 0.458. The van der Waals surface area contributed by atoms with Crippen molar-refractivity contribution in [1.29, 1.82) is 5.26 Å². The highest BCUT2D eigenvalue weighted by atomic mass is 15.3. The number of aryl methyl sites for hydroxylation is 1. The third-order valence-corrected chi connectivity index (χ3v) is 2.87. The minimum atomic E-state index is 0.192. The lowest BCUT2D eigenvalue weighted by Crippen LogP contribution is -2.27. The number of nitrogens with zero attached hydrogens (tertiary/aromatic N) is 3. The van der Waals surface area contributed by atoms with E-state index in [1.54, 1.807) is 11.7 Å². The van der Waals surface area contributed by atoms with Crippen LogP contribution in [0.5, 0.6) is 0 Å². The fraction of sp³-hybridized carbons (Fsp3) is 0.600. The molecule has 0 aromatic carbocycles. The second-order valence-electron chi connectivity index (χ2n) is 3.88. The van der Waals surface area contributed by atoms with Gasteiger partial charge in [0.2, 0.25) is 0 Å². The molecule has 0 amide bonds. The number of aromatic nitrogens is 2. The summed E-state index contributed by atoms with van der Waals surface area (Å²) in [5, 5.41) is 16.7. The zero-order chi connectivity index (χ0) is 10.8. The summed E-state index contributed by atoms with van der Waals surface area (Å²) in [7, 11) is 1.77. The molecule has 80 valence electrons. The molecule has 1 fully saturated rings. The van der Waals surface area contributed by atoms with E-state index in [4.69, 9.17) is 11.0 Å². The third kappa shape index (κ3) is 1.68. The summed E-state index contributed by atoms with van der Waals surface area (Å²) in [6.07, 6.45) is 3.41. The molecular weight excluding hydrogens is 190 g/mol. The first-order valence-electron chi connectivity index (χ1n) is 5.20. The van der Waals surface area contributed by atoms with Crippen LogP contribution in [0.4, 0.5) is 5.82 Å². The first-order valence-corrected chi connectivity index (χ1v) is 5.20. The Morgan fingerprint density at radius 3 is 3.00 bits per heavy atom.